The number of fused-ring (bicyclic) bond motifs is 14. The zero-order valence-electron chi connectivity index (χ0n) is 25.0. The maximum absolute atomic E-state index is 13.0. The van der Waals surface area contributed by atoms with Gasteiger partial charge in [0.1, 0.15) is 0 Å². The summed E-state index contributed by atoms with van der Waals surface area (Å²) in [5, 5.41) is 0. The molecule has 4 atom stereocenters. The monoisotopic (exact) mass is 549 g/mol. The molecule has 3 aromatic heterocycles. The number of nitrogens with zero attached hydrogens (tertiary/aromatic N) is 2. The molecular formula is C34H39N5O2. The van der Waals surface area contributed by atoms with Crippen molar-refractivity contribution in [2.75, 3.05) is 13.7 Å². The summed E-state index contributed by atoms with van der Waals surface area (Å²) >= 11 is 0. The number of carbonyl (C=O) groups excluding carboxylic acids is 1. The van der Waals surface area contributed by atoms with Crippen molar-refractivity contribution >= 4 is 39.2 Å². The molecule has 7 heteroatoms. The van der Waals surface area contributed by atoms with Gasteiger partial charge < -0.3 is 20.4 Å². The van der Waals surface area contributed by atoms with Crippen LogP contribution >= 0.6 is 0 Å². The number of esters is 1. The van der Waals surface area contributed by atoms with Crippen molar-refractivity contribution in [3.63, 3.8) is 0 Å². The molecule has 4 aliphatic rings. The lowest BCUT2D eigenvalue weighted by atomic mass is 9.75. The third kappa shape index (κ3) is 3.71. The number of aromatic amines is 2. The smallest absolute Gasteiger partial charge is 0.309 e. The molecule has 212 valence electrons. The van der Waals surface area contributed by atoms with E-state index in [0.717, 1.165) is 57.7 Å². The Bertz CT molecular complexity index is 1840. The minimum atomic E-state index is -0.237. The summed E-state index contributed by atoms with van der Waals surface area (Å²) in [7, 11) is 1.48. The van der Waals surface area contributed by atoms with E-state index in [4.69, 9.17) is 20.4 Å². The number of nitrogens with one attached hydrogen (secondary N) is 2. The van der Waals surface area contributed by atoms with Gasteiger partial charge in [-0.2, -0.15) is 0 Å². The Kier molecular flexibility index (Phi) is 5.68. The molecule has 7 nitrogen and oxygen atoms in total. The second-order valence-electron chi connectivity index (χ2n) is 13.1. The molecule has 2 aliphatic heterocycles. The Morgan fingerprint density at radius 3 is 2.05 bits per heavy atom. The van der Waals surface area contributed by atoms with Gasteiger partial charge in [-0.3, -0.25) is 9.78 Å². The molecule has 2 aliphatic carbocycles. The van der Waals surface area contributed by atoms with Gasteiger partial charge in [0.05, 0.1) is 24.4 Å². The quantitative estimate of drug-likeness (QED) is 0.340. The van der Waals surface area contributed by atoms with E-state index >= 15 is 0 Å². The molecule has 0 spiro atoms. The average Bonchev–Trinajstić information content (AvgIpc) is 3.74. The fourth-order valence-corrected chi connectivity index (χ4v) is 7.91. The number of allylic oxidation sites excluding steroid dienone is 2. The molecule has 1 fully saturated rings. The molecule has 5 heterocycles. The lowest BCUT2D eigenvalue weighted by Gasteiger charge is -2.29. The van der Waals surface area contributed by atoms with E-state index in [-0.39, 0.29) is 35.1 Å². The Hall–Kier alpha value is -3.71. The molecule has 3 aromatic rings. The number of hydrogen-bond donors (Lipinski definition) is 3. The first-order valence-corrected chi connectivity index (χ1v) is 14.7. The van der Waals surface area contributed by atoms with Gasteiger partial charge >= 0.3 is 5.97 Å². The summed E-state index contributed by atoms with van der Waals surface area (Å²) in [6.07, 6.45) is 1.77. The Morgan fingerprint density at radius 1 is 0.878 bits per heavy atom. The van der Waals surface area contributed by atoms with Crippen LogP contribution in [0.15, 0.2) is 24.3 Å². The van der Waals surface area contributed by atoms with Gasteiger partial charge in [0.15, 0.2) is 0 Å². The van der Waals surface area contributed by atoms with Crippen LogP contribution in [-0.4, -0.2) is 39.6 Å². The predicted octanol–water partition coefficient (Wildman–Crippen LogP) is 5.99. The van der Waals surface area contributed by atoms with Crippen LogP contribution in [0.4, 0.5) is 0 Å². The van der Waals surface area contributed by atoms with Crippen molar-refractivity contribution < 1.29 is 9.53 Å². The maximum atomic E-state index is 13.0. The van der Waals surface area contributed by atoms with Crippen molar-refractivity contribution in [1.29, 1.82) is 0 Å². The topological polar surface area (TPSA) is 110 Å². The molecule has 0 saturated heterocycles. The third-order valence-corrected chi connectivity index (χ3v) is 10.5. The standard InChI is InChI=1S/C34H39N5O2/c1-15-16(2)24-10-25-17(3)18(4)26(38-25)11-27-32-21-9-20(22(14-35)30(21)33(40)41-7)31(32)28(39-27)12-29-34(5,6)13-19(36-29)8-23(15)37-24/h8,10-12,20-22,30,37-38H,9,13-14,35H2,1-7H3/t20-,21+,22+,30+/m1/s1. The molecule has 0 unspecified atom stereocenters. The highest BCUT2D eigenvalue weighted by molar-refractivity contribution is 6.00. The molecule has 0 aromatic carbocycles. The fraction of sp³-hybridized carbons (Fsp3) is 0.441. The van der Waals surface area contributed by atoms with E-state index in [1.54, 1.807) is 0 Å². The van der Waals surface area contributed by atoms with Gasteiger partial charge in [0.25, 0.3) is 0 Å². The molecule has 7 rings (SSSR count). The molecule has 0 radical (unpaired) electrons. The van der Waals surface area contributed by atoms with Crippen molar-refractivity contribution in [3.05, 3.63) is 69.3 Å². The highest BCUT2D eigenvalue weighted by atomic mass is 16.5. The van der Waals surface area contributed by atoms with Crippen molar-refractivity contribution in [1.82, 2.24) is 19.9 Å². The lowest BCUT2D eigenvalue weighted by molar-refractivity contribution is -0.147. The number of H-pyrrole nitrogens is 2. The number of carbonyl (C=O) groups is 1. The van der Waals surface area contributed by atoms with Crippen LogP contribution in [0.2, 0.25) is 0 Å². The third-order valence-electron chi connectivity index (χ3n) is 10.5. The van der Waals surface area contributed by atoms with E-state index < -0.39 is 0 Å². The molecule has 1 saturated carbocycles. The summed E-state index contributed by atoms with van der Waals surface area (Å²) in [6.45, 7) is 13.6. The second-order valence-corrected chi connectivity index (χ2v) is 13.1. The summed E-state index contributed by atoms with van der Waals surface area (Å²) in [5.41, 5.74) is 21.9. The SMILES string of the molecule is COC(=O)[C@@H]1[C@@H](CN)[C@H]2C[C@@H]1C1=C2c2cc3nc(cc4[nH]c(cc5[nH]c(cc1n2)c(C)c5C)c(C)c4C)CC3(C)C. The largest absolute Gasteiger partial charge is 0.469 e. The van der Waals surface area contributed by atoms with Gasteiger partial charge in [-0.05, 0) is 110 Å². The van der Waals surface area contributed by atoms with Crippen LogP contribution in [0.1, 0.15) is 65.3 Å². The van der Waals surface area contributed by atoms with Crippen LogP contribution in [0, 0.1) is 51.4 Å². The van der Waals surface area contributed by atoms with E-state index in [9.17, 15) is 4.79 Å². The molecule has 0 amide bonds. The van der Waals surface area contributed by atoms with Crippen molar-refractivity contribution in [2.45, 2.75) is 59.8 Å². The van der Waals surface area contributed by atoms with Crippen LogP contribution in [0.3, 0.4) is 0 Å². The minimum Gasteiger partial charge on any atom is -0.469 e. The number of ether oxygens (including phenoxy) is 1. The summed E-state index contributed by atoms with van der Waals surface area (Å²) in [5.74, 6) is -0.108. The Balaban J connectivity index is 1.58. The molecular weight excluding hydrogens is 510 g/mol. The zero-order chi connectivity index (χ0) is 29.0. The van der Waals surface area contributed by atoms with Crippen LogP contribution < -0.4 is 5.73 Å². The molecule has 41 heavy (non-hydrogen) atoms. The number of rotatable bonds is 2. The summed E-state index contributed by atoms with van der Waals surface area (Å²) in [6, 6.07) is 8.81. The van der Waals surface area contributed by atoms with Crippen LogP contribution in [-0.2, 0) is 21.4 Å². The fourth-order valence-electron chi connectivity index (χ4n) is 7.91. The van der Waals surface area contributed by atoms with Gasteiger partial charge in [-0.25, -0.2) is 4.98 Å². The van der Waals surface area contributed by atoms with E-state index in [0.29, 0.717) is 6.54 Å². The lowest BCUT2D eigenvalue weighted by Crippen LogP contribution is -2.35. The first-order valence-electron chi connectivity index (χ1n) is 14.7. The maximum Gasteiger partial charge on any atom is 0.309 e. The summed E-state index contributed by atoms with van der Waals surface area (Å²) < 4.78 is 5.29. The van der Waals surface area contributed by atoms with Gasteiger partial charge in [0, 0.05) is 51.2 Å². The Morgan fingerprint density at radius 2 is 1.44 bits per heavy atom. The van der Waals surface area contributed by atoms with Gasteiger partial charge in [-0.15, -0.1) is 0 Å². The van der Waals surface area contributed by atoms with Crippen LogP contribution in [0.5, 0.6) is 0 Å². The molecule has 10 bridgehead atoms. The highest BCUT2D eigenvalue weighted by Crippen LogP contribution is 2.62. The van der Waals surface area contributed by atoms with Crippen LogP contribution in [0.25, 0.3) is 33.2 Å². The number of hydrogen-bond acceptors (Lipinski definition) is 5. The van der Waals surface area contributed by atoms with Crippen molar-refractivity contribution in [3.8, 4) is 0 Å². The number of aryl methyl sites for hydroxylation is 4. The number of nitrogens with two attached hydrogens (primary N) is 1. The highest BCUT2D eigenvalue weighted by Gasteiger charge is 2.57. The summed E-state index contributed by atoms with van der Waals surface area (Å²) in [4.78, 5) is 30.8. The first kappa shape index (κ1) is 26.2. The van der Waals surface area contributed by atoms with Gasteiger partial charge in [-0.1, -0.05) is 13.8 Å². The van der Waals surface area contributed by atoms with E-state index in [2.05, 4.69) is 75.8 Å². The normalized spacial score (nSPS) is 24.2. The number of aromatic nitrogens is 4. The average molecular weight is 550 g/mol. The van der Waals surface area contributed by atoms with E-state index in [1.165, 1.54) is 40.5 Å². The second kappa shape index (κ2) is 8.89. The van der Waals surface area contributed by atoms with E-state index in [1.807, 2.05) is 0 Å². The predicted molar refractivity (Wildman–Crippen MR) is 163 cm³/mol. The zero-order valence-corrected chi connectivity index (χ0v) is 25.0. The van der Waals surface area contributed by atoms with Gasteiger partial charge in [0.2, 0.25) is 0 Å². The Labute approximate surface area is 240 Å². The van der Waals surface area contributed by atoms with Crippen molar-refractivity contribution in [2.24, 2.45) is 29.4 Å². The first-order chi connectivity index (χ1) is 19.5. The number of methoxy groups -OCH3 is 1. The molecule has 4 N–H and O–H groups in total. The minimum absolute atomic E-state index is 0.0518.